The number of aryl methyl sites for hydroxylation is 1. The van der Waals surface area contributed by atoms with Crippen LogP contribution >= 0.6 is 15.9 Å². The Morgan fingerprint density at radius 3 is 3.05 bits per heavy atom. The summed E-state index contributed by atoms with van der Waals surface area (Å²) in [6.07, 6.45) is 5.21. The zero-order valence-corrected chi connectivity index (χ0v) is 13.6. The third-order valence-corrected chi connectivity index (χ3v) is 4.96. The monoisotopic (exact) mass is 346 g/mol. The van der Waals surface area contributed by atoms with Crippen LogP contribution in [0, 0.1) is 0 Å². The van der Waals surface area contributed by atoms with Crippen LogP contribution in [0.3, 0.4) is 0 Å². The van der Waals surface area contributed by atoms with E-state index in [4.69, 9.17) is 10.5 Å². The molecule has 1 aliphatic carbocycles. The Balaban J connectivity index is 1.98. The highest BCUT2D eigenvalue weighted by Gasteiger charge is 2.29. The first kappa shape index (κ1) is 14.5. The minimum Gasteiger partial charge on any atom is -0.497 e. The maximum Gasteiger partial charge on any atom is 0.119 e. The Labute approximate surface area is 133 Å². The Kier molecular flexibility index (Phi) is 4.27. The summed E-state index contributed by atoms with van der Waals surface area (Å²) in [5, 5.41) is 0. The van der Waals surface area contributed by atoms with Gasteiger partial charge in [0.05, 0.1) is 7.11 Å². The summed E-state index contributed by atoms with van der Waals surface area (Å²) in [6, 6.07) is 10.1. The third kappa shape index (κ3) is 2.83. The van der Waals surface area contributed by atoms with Crippen molar-refractivity contribution in [2.45, 2.75) is 31.2 Å². The van der Waals surface area contributed by atoms with Crippen molar-refractivity contribution in [3.63, 3.8) is 0 Å². The molecule has 2 unspecified atom stereocenters. The average Bonchev–Trinajstić information content (AvgIpc) is 2.54. The maximum atomic E-state index is 6.58. The second-order valence-corrected chi connectivity index (χ2v) is 6.31. The fraction of sp³-hybridized carbons (Fsp3) is 0.353. The number of fused-ring (bicyclic) bond motifs is 1. The lowest BCUT2D eigenvalue weighted by atomic mass is 9.80. The summed E-state index contributed by atoms with van der Waals surface area (Å²) in [4.78, 5) is 4.59. The van der Waals surface area contributed by atoms with Crippen LogP contribution in [0.4, 0.5) is 0 Å². The van der Waals surface area contributed by atoms with Crippen molar-refractivity contribution in [2.75, 3.05) is 7.11 Å². The molecule has 2 aromatic rings. The van der Waals surface area contributed by atoms with Gasteiger partial charge in [0.15, 0.2) is 0 Å². The molecular weight excluding hydrogens is 328 g/mol. The van der Waals surface area contributed by atoms with Gasteiger partial charge in [-0.15, -0.1) is 0 Å². The first-order chi connectivity index (χ1) is 10.2. The van der Waals surface area contributed by atoms with Crippen LogP contribution in [0.15, 0.2) is 41.0 Å². The molecule has 0 fully saturated rings. The summed E-state index contributed by atoms with van der Waals surface area (Å²) >= 11 is 3.61. The number of methoxy groups -OCH3 is 1. The van der Waals surface area contributed by atoms with E-state index >= 15 is 0 Å². The molecule has 2 atom stereocenters. The Bertz CT molecular complexity index is 644. The molecule has 1 aliphatic rings. The van der Waals surface area contributed by atoms with Gasteiger partial charge < -0.3 is 10.5 Å². The molecule has 3 nitrogen and oxygen atoms in total. The van der Waals surface area contributed by atoms with Gasteiger partial charge in [-0.25, -0.2) is 0 Å². The van der Waals surface area contributed by atoms with Crippen LogP contribution in [0.25, 0.3) is 0 Å². The van der Waals surface area contributed by atoms with Gasteiger partial charge in [-0.05, 0) is 54.7 Å². The molecule has 0 saturated carbocycles. The number of halogens is 1. The van der Waals surface area contributed by atoms with Crippen LogP contribution in [0.2, 0.25) is 0 Å². The van der Waals surface area contributed by atoms with Crippen LogP contribution in [0.5, 0.6) is 5.75 Å². The highest BCUT2D eigenvalue weighted by molar-refractivity contribution is 9.10. The molecule has 110 valence electrons. The Hall–Kier alpha value is -1.39. The average molecular weight is 347 g/mol. The van der Waals surface area contributed by atoms with Gasteiger partial charge in [-0.3, -0.25) is 4.98 Å². The van der Waals surface area contributed by atoms with E-state index < -0.39 is 0 Å². The van der Waals surface area contributed by atoms with Crippen molar-refractivity contribution >= 4 is 15.9 Å². The molecule has 4 heteroatoms. The number of benzene rings is 1. The van der Waals surface area contributed by atoms with Crippen molar-refractivity contribution in [1.82, 2.24) is 4.98 Å². The first-order valence-electron chi connectivity index (χ1n) is 7.23. The molecule has 0 saturated heterocycles. The largest absolute Gasteiger partial charge is 0.497 e. The second-order valence-electron chi connectivity index (χ2n) is 5.46. The summed E-state index contributed by atoms with van der Waals surface area (Å²) in [5.41, 5.74) is 10.2. The fourth-order valence-electron chi connectivity index (χ4n) is 3.12. The standard InChI is InChI=1S/C17H19BrN2O/c1-21-12-7-8-15(18)14(10-12)16(19)13-6-2-4-11-5-3-9-20-17(11)13/h3,5,7-10,13,16H,2,4,6,19H2,1H3. The van der Waals surface area contributed by atoms with Gasteiger partial charge in [-0.1, -0.05) is 22.0 Å². The van der Waals surface area contributed by atoms with Crippen molar-refractivity contribution < 1.29 is 4.74 Å². The van der Waals surface area contributed by atoms with Crippen LogP contribution < -0.4 is 10.5 Å². The topological polar surface area (TPSA) is 48.1 Å². The Morgan fingerprint density at radius 1 is 1.38 bits per heavy atom. The number of aromatic nitrogens is 1. The lowest BCUT2D eigenvalue weighted by Crippen LogP contribution is -2.25. The zero-order chi connectivity index (χ0) is 14.8. The molecule has 1 aromatic heterocycles. The molecule has 1 aromatic carbocycles. The van der Waals surface area contributed by atoms with Crippen molar-refractivity contribution in [3.05, 3.63) is 57.8 Å². The predicted molar refractivity (Wildman–Crippen MR) is 87.5 cm³/mol. The molecule has 1 heterocycles. The number of hydrogen-bond donors (Lipinski definition) is 1. The minimum atomic E-state index is -0.0802. The van der Waals surface area contributed by atoms with Gasteiger partial charge in [0, 0.05) is 28.3 Å². The smallest absolute Gasteiger partial charge is 0.119 e. The Morgan fingerprint density at radius 2 is 2.24 bits per heavy atom. The molecule has 0 aliphatic heterocycles. The minimum absolute atomic E-state index is 0.0802. The third-order valence-electron chi connectivity index (χ3n) is 4.23. The van der Waals surface area contributed by atoms with E-state index in [1.165, 1.54) is 12.0 Å². The summed E-state index contributed by atoms with van der Waals surface area (Å²) < 4.78 is 6.35. The van der Waals surface area contributed by atoms with E-state index in [0.29, 0.717) is 0 Å². The SMILES string of the molecule is COc1ccc(Br)c(C(N)C2CCCc3cccnc32)c1. The predicted octanol–water partition coefficient (Wildman–Crippen LogP) is 3.97. The second kappa shape index (κ2) is 6.16. The lowest BCUT2D eigenvalue weighted by molar-refractivity contribution is 0.411. The molecule has 3 rings (SSSR count). The summed E-state index contributed by atoms with van der Waals surface area (Å²) in [7, 11) is 1.68. The van der Waals surface area contributed by atoms with Crippen molar-refractivity contribution in [3.8, 4) is 5.75 Å². The van der Waals surface area contributed by atoms with Crippen LogP contribution in [0.1, 0.15) is 41.6 Å². The van der Waals surface area contributed by atoms with Gasteiger partial charge in [0.25, 0.3) is 0 Å². The molecule has 0 spiro atoms. The summed E-state index contributed by atoms with van der Waals surface area (Å²) in [5.74, 6) is 1.10. The molecular formula is C17H19BrN2O. The van der Waals surface area contributed by atoms with E-state index in [9.17, 15) is 0 Å². The van der Waals surface area contributed by atoms with Crippen LogP contribution in [-0.4, -0.2) is 12.1 Å². The van der Waals surface area contributed by atoms with E-state index in [0.717, 1.165) is 34.3 Å². The van der Waals surface area contributed by atoms with Crippen molar-refractivity contribution in [2.24, 2.45) is 5.73 Å². The number of nitrogens with two attached hydrogens (primary N) is 1. The molecule has 21 heavy (non-hydrogen) atoms. The number of pyridine rings is 1. The van der Waals surface area contributed by atoms with Gasteiger partial charge in [0.2, 0.25) is 0 Å². The van der Waals surface area contributed by atoms with Crippen molar-refractivity contribution in [1.29, 1.82) is 0 Å². The molecule has 0 radical (unpaired) electrons. The molecule has 0 bridgehead atoms. The normalized spacial score (nSPS) is 18.9. The molecule has 2 N–H and O–H groups in total. The number of rotatable bonds is 3. The number of nitrogens with zero attached hydrogens (tertiary/aromatic N) is 1. The van der Waals surface area contributed by atoms with E-state index in [1.807, 2.05) is 30.5 Å². The van der Waals surface area contributed by atoms with Crippen LogP contribution in [-0.2, 0) is 6.42 Å². The fourth-order valence-corrected chi connectivity index (χ4v) is 3.63. The van der Waals surface area contributed by atoms with E-state index in [2.05, 4.69) is 27.0 Å². The molecule has 0 amide bonds. The van der Waals surface area contributed by atoms with E-state index in [1.54, 1.807) is 7.11 Å². The van der Waals surface area contributed by atoms with Gasteiger partial charge in [-0.2, -0.15) is 0 Å². The lowest BCUT2D eigenvalue weighted by Gasteiger charge is -2.30. The maximum absolute atomic E-state index is 6.58. The highest BCUT2D eigenvalue weighted by atomic mass is 79.9. The summed E-state index contributed by atoms with van der Waals surface area (Å²) in [6.45, 7) is 0. The van der Waals surface area contributed by atoms with Gasteiger partial charge in [0.1, 0.15) is 5.75 Å². The first-order valence-corrected chi connectivity index (χ1v) is 8.03. The quantitative estimate of drug-likeness (QED) is 0.914. The van der Waals surface area contributed by atoms with E-state index in [-0.39, 0.29) is 12.0 Å². The number of hydrogen-bond acceptors (Lipinski definition) is 3. The zero-order valence-electron chi connectivity index (χ0n) is 12.1. The number of ether oxygens (including phenoxy) is 1. The van der Waals surface area contributed by atoms with Gasteiger partial charge >= 0.3 is 0 Å². The highest BCUT2D eigenvalue weighted by Crippen LogP contribution is 2.40.